The Morgan fingerprint density at radius 3 is 2.86 bits per heavy atom. The summed E-state index contributed by atoms with van der Waals surface area (Å²) in [4.78, 5) is 0. The highest BCUT2D eigenvalue weighted by molar-refractivity contribution is 4.97. The summed E-state index contributed by atoms with van der Waals surface area (Å²) in [7, 11) is 0. The molecular weight excluding hydrogens is 95.1 g/mol. The molecule has 0 aliphatic carbocycles. The van der Waals surface area contributed by atoms with Crippen LogP contribution >= 0.6 is 0 Å². The highest BCUT2D eigenvalue weighted by atomic mass is 19.1. The molecule has 0 radical (unpaired) electrons. The van der Waals surface area contributed by atoms with Crippen molar-refractivity contribution in [2.45, 2.75) is 6.92 Å². The molecule has 0 aromatic carbocycles. The molecule has 0 saturated carbocycles. The zero-order chi connectivity index (χ0) is 5.28. The minimum atomic E-state index is -0.278. The maximum absolute atomic E-state index is 12.0. The Labute approximate surface area is 41.8 Å². The number of aromatic nitrogens is 2. The van der Waals surface area contributed by atoms with Gasteiger partial charge in [-0.1, -0.05) is 0 Å². The monoisotopic (exact) mass is 102 g/mol. The van der Waals surface area contributed by atoms with Crippen LogP contribution in [0, 0.1) is 12.7 Å². The van der Waals surface area contributed by atoms with Crippen molar-refractivity contribution in [2.75, 3.05) is 0 Å². The first-order valence-electron chi connectivity index (χ1n) is 1.96. The Hall–Kier alpha value is -0.860. The Morgan fingerprint density at radius 1 is 2.00 bits per heavy atom. The molecule has 1 heterocycles. The van der Waals surface area contributed by atoms with E-state index < -0.39 is 0 Å². The predicted octanol–water partition coefficient (Wildman–Crippen LogP) is 1.10. The van der Waals surface area contributed by atoms with Gasteiger partial charge >= 0.3 is 0 Å². The Balaban J connectivity index is 0.000000490. The molecule has 0 bridgehead atoms. The molecule has 1 aromatic rings. The Kier molecular flexibility index (Phi) is 0.817. The van der Waals surface area contributed by atoms with Gasteiger partial charge in [0.15, 0.2) is 5.82 Å². The third kappa shape index (κ3) is 0.607. The topological polar surface area (TPSA) is 28.7 Å². The Morgan fingerprint density at radius 2 is 2.71 bits per heavy atom. The molecule has 3 heteroatoms. The van der Waals surface area contributed by atoms with Crippen molar-refractivity contribution in [3.63, 3.8) is 0 Å². The van der Waals surface area contributed by atoms with Gasteiger partial charge in [0.05, 0.1) is 11.9 Å². The van der Waals surface area contributed by atoms with Crippen molar-refractivity contribution in [3.8, 4) is 0 Å². The van der Waals surface area contributed by atoms with Crippen molar-refractivity contribution in [1.29, 1.82) is 0 Å². The summed E-state index contributed by atoms with van der Waals surface area (Å²) in [5.41, 5.74) is 0.486. The molecule has 0 spiro atoms. The van der Waals surface area contributed by atoms with Crippen LogP contribution in [0.25, 0.3) is 0 Å². The van der Waals surface area contributed by atoms with Crippen molar-refractivity contribution < 1.29 is 5.82 Å². The number of rotatable bonds is 0. The van der Waals surface area contributed by atoms with Crippen molar-refractivity contribution in [3.05, 3.63) is 17.7 Å². The second-order valence-electron chi connectivity index (χ2n) is 1.34. The van der Waals surface area contributed by atoms with E-state index in [4.69, 9.17) is 0 Å². The summed E-state index contributed by atoms with van der Waals surface area (Å²) in [6.45, 7) is 1.63. The first-order chi connectivity index (χ1) is 3.30. The van der Waals surface area contributed by atoms with E-state index in [9.17, 15) is 4.39 Å². The smallest absolute Gasteiger partial charge is 0.163 e. The van der Waals surface area contributed by atoms with Gasteiger partial charge in [-0.25, -0.2) is 4.39 Å². The van der Waals surface area contributed by atoms with Crippen LogP contribution < -0.4 is 0 Å². The van der Waals surface area contributed by atoms with Crippen LogP contribution in [0.3, 0.4) is 0 Å². The molecule has 0 saturated heterocycles. The van der Waals surface area contributed by atoms with E-state index in [1.165, 1.54) is 0 Å². The van der Waals surface area contributed by atoms with Gasteiger partial charge in [0.1, 0.15) is 0 Å². The van der Waals surface area contributed by atoms with E-state index in [0.717, 1.165) is 6.20 Å². The largest absolute Gasteiger partial charge is 0.280 e. The van der Waals surface area contributed by atoms with Gasteiger partial charge in [-0.15, -0.1) is 0 Å². The third-order valence-corrected chi connectivity index (χ3v) is 0.768. The first-order valence-corrected chi connectivity index (χ1v) is 1.96. The van der Waals surface area contributed by atoms with Crippen LogP contribution in [-0.4, -0.2) is 10.2 Å². The molecule has 0 aliphatic heterocycles. The van der Waals surface area contributed by atoms with Gasteiger partial charge in [0.2, 0.25) is 0 Å². The van der Waals surface area contributed by atoms with Crippen molar-refractivity contribution >= 4 is 0 Å². The maximum atomic E-state index is 12.0. The molecule has 0 atom stereocenters. The van der Waals surface area contributed by atoms with Crippen LogP contribution in [0.1, 0.15) is 7.12 Å². The maximum Gasteiger partial charge on any atom is 0.163 e. The van der Waals surface area contributed by atoms with Gasteiger partial charge in [-0.3, -0.25) is 5.10 Å². The summed E-state index contributed by atoms with van der Waals surface area (Å²) in [5.74, 6) is -0.278. The molecule has 1 aromatic heterocycles. The molecular formula is C4H7FN2. The molecule has 1 rings (SSSR count). The Bertz CT molecular complexity index is 146. The fraction of sp³-hybridized carbons (Fsp3) is 0.250. The lowest BCUT2D eigenvalue weighted by Crippen LogP contribution is -1.71. The lowest BCUT2D eigenvalue weighted by molar-refractivity contribution is 0.619. The third-order valence-electron chi connectivity index (χ3n) is 0.768. The van der Waals surface area contributed by atoms with E-state index in [2.05, 4.69) is 10.2 Å². The van der Waals surface area contributed by atoms with Crippen LogP contribution in [0.2, 0.25) is 0 Å². The summed E-state index contributed by atoms with van der Waals surface area (Å²) >= 11 is 0. The van der Waals surface area contributed by atoms with E-state index in [1.807, 2.05) is 0 Å². The van der Waals surface area contributed by atoms with Gasteiger partial charge in [0.25, 0.3) is 0 Å². The zero-order valence-corrected chi connectivity index (χ0v) is 3.90. The number of aromatic amines is 1. The number of nitrogens with one attached hydrogen (secondary N) is 1. The molecule has 0 amide bonds. The number of H-pyrrole nitrogens is 1. The molecule has 7 heavy (non-hydrogen) atoms. The van der Waals surface area contributed by atoms with Gasteiger partial charge < -0.3 is 0 Å². The summed E-state index contributed by atoms with van der Waals surface area (Å²) < 4.78 is 12.0. The summed E-state index contributed by atoms with van der Waals surface area (Å²) in [6.07, 6.45) is 1.15. The average Bonchev–Trinajstić information content (AvgIpc) is 1.91. The number of nitrogens with zero attached hydrogens (tertiary/aromatic N) is 1. The van der Waals surface area contributed by atoms with E-state index in [-0.39, 0.29) is 7.24 Å². The first kappa shape index (κ1) is 4.30. The lowest BCUT2D eigenvalue weighted by atomic mass is 10.5. The molecule has 2 nitrogen and oxygen atoms in total. The van der Waals surface area contributed by atoms with Gasteiger partial charge in [-0.05, 0) is 6.92 Å². The summed E-state index contributed by atoms with van der Waals surface area (Å²) in [6, 6.07) is 0. The quantitative estimate of drug-likeness (QED) is 0.522. The highest BCUT2D eigenvalue weighted by Gasteiger charge is 1.92. The number of aryl methyl sites for hydroxylation is 1. The van der Waals surface area contributed by atoms with Crippen molar-refractivity contribution in [1.82, 2.24) is 10.2 Å². The molecule has 0 aliphatic rings. The standard InChI is InChI=1S/C4H5FN2.H2/c1-3-4(5)2-6-7-3;/h2H,1H3,(H,6,7);1H. The van der Waals surface area contributed by atoms with E-state index >= 15 is 0 Å². The van der Waals surface area contributed by atoms with Crippen LogP contribution in [-0.2, 0) is 0 Å². The average molecular weight is 102 g/mol. The van der Waals surface area contributed by atoms with Crippen LogP contribution in [0.15, 0.2) is 6.20 Å². The SMILES string of the molecule is Cc1[nH]ncc1F.[HH]. The van der Waals surface area contributed by atoms with Crippen molar-refractivity contribution in [2.24, 2.45) is 0 Å². The molecule has 0 unspecified atom stereocenters. The second kappa shape index (κ2) is 1.33. The van der Waals surface area contributed by atoms with Crippen LogP contribution in [0.5, 0.6) is 0 Å². The fourth-order valence-electron chi connectivity index (χ4n) is 0.336. The minimum Gasteiger partial charge on any atom is -0.280 e. The van der Waals surface area contributed by atoms with Crippen LogP contribution in [0.4, 0.5) is 4.39 Å². The van der Waals surface area contributed by atoms with E-state index in [0.29, 0.717) is 5.69 Å². The number of hydrogen-bond donors (Lipinski definition) is 1. The zero-order valence-electron chi connectivity index (χ0n) is 3.90. The lowest BCUT2D eigenvalue weighted by Gasteiger charge is -1.74. The molecule has 0 fully saturated rings. The molecule has 40 valence electrons. The number of halogens is 1. The minimum absolute atomic E-state index is 0. The van der Waals surface area contributed by atoms with Gasteiger partial charge in [0, 0.05) is 1.43 Å². The molecule has 1 N–H and O–H groups in total. The highest BCUT2D eigenvalue weighted by Crippen LogP contribution is 1.95. The fourth-order valence-corrected chi connectivity index (χ4v) is 0.336. The predicted molar refractivity (Wildman–Crippen MR) is 25.4 cm³/mol. The van der Waals surface area contributed by atoms with E-state index in [1.54, 1.807) is 6.92 Å². The summed E-state index contributed by atoms with van der Waals surface area (Å²) in [5, 5.41) is 5.86. The second-order valence-corrected chi connectivity index (χ2v) is 1.34. The van der Waals surface area contributed by atoms with Gasteiger partial charge in [-0.2, -0.15) is 5.10 Å². The normalized spacial score (nSPS) is 9.43. The number of hydrogen-bond acceptors (Lipinski definition) is 1.